The number of rotatable bonds is 6. The van der Waals surface area contributed by atoms with Crippen LogP contribution in [0.25, 0.3) is 0 Å². The van der Waals surface area contributed by atoms with Crippen LogP contribution in [0.4, 0.5) is 0 Å². The van der Waals surface area contributed by atoms with Crippen LogP contribution >= 0.6 is 0 Å². The molecule has 0 amide bonds. The number of hydrogen-bond donors (Lipinski definition) is 0. The summed E-state index contributed by atoms with van der Waals surface area (Å²) in [5, 5.41) is 0. The van der Waals surface area contributed by atoms with Crippen LogP contribution in [0, 0.1) is 0 Å². The maximum absolute atomic E-state index is 12.7. The molecule has 0 spiro atoms. The number of sulfonamides is 1. The minimum Gasteiger partial charge on any atom is -0.422 e. The molecule has 1 aliphatic heterocycles. The Balaban J connectivity index is 1.86. The number of carbonyl (C=O) groups is 1. The molecule has 1 unspecified atom stereocenters. The fourth-order valence-electron chi connectivity index (χ4n) is 3.31. The molecule has 2 heterocycles. The number of ether oxygens (including phenoxy) is 1. The third-order valence-electron chi connectivity index (χ3n) is 5.16. The minimum atomic E-state index is -3.57. The first-order valence-electron chi connectivity index (χ1n) is 9.32. The van der Waals surface area contributed by atoms with Gasteiger partial charge in [0.1, 0.15) is 16.3 Å². The Morgan fingerprint density at radius 1 is 1.22 bits per heavy atom. The van der Waals surface area contributed by atoms with Crippen LogP contribution in [-0.4, -0.2) is 36.3 Å². The van der Waals surface area contributed by atoms with Crippen molar-refractivity contribution < 1.29 is 17.9 Å². The number of hydrogen-bond acceptors (Lipinski definition) is 4. The molecule has 1 fully saturated rings. The van der Waals surface area contributed by atoms with Crippen LogP contribution in [0.3, 0.4) is 0 Å². The Labute approximate surface area is 160 Å². The molecule has 1 aromatic carbocycles. The molecule has 146 valence electrons. The van der Waals surface area contributed by atoms with Gasteiger partial charge in [0.25, 0.3) is 0 Å². The first-order chi connectivity index (χ1) is 12.8. The minimum absolute atomic E-state index is 0.133. The molecule has 1 saturated heterocycles. The highest BCUT2D eigenvalue weighted by Crippen LogP contribution is 2.29. The number of aromatic nitrogens is 1. The molecule has 0 aliphatic carbocycles. The lowest BCUT2D eigenvalue weighted by molar-refractivity contribution is 0.0722. The SMILES string of the molecule is CCC(C)c1ccccc1OC(=O)c1cc(S(=O)(=O)N2CCCC2)cn1C. The lowest BCUT2D eigenvalue weighted by atomic mass is 9.98. The van der Waals surface area contributed by atoms with Crippen molar-refractivity contribution in [2.75, 3.05) is 13.1 Å². The topological polar surface area (TPSA) is 68.6 Å². The molecule has 27 heavy (non-hydrogen) atoms. The van der Waals surface area contributed by atoms with E-state index in [0.29, 0.717) is 18.8 Å². The molecule has 0 N–H and O–H groups in total. The second-order valence-electron chi connectivity index (χ2n) is 7.02. The van der Waals surface area contributed by atoms with Gasteiger partial charge in [-0.3, -0.25) is 0 Å². The van der Waals surface area contributed by atoms with Crippen molar-refractivity contribution >= 4 is 16.0 Å². The predicted molar refractivity (Wildman–Crippen MR) is 104 cm³/mol. The van der Waals surface area contributed by atoms with Crippen LogP contribution < -0.4 is 4.74 Å². The summed E-state index contributed by atoms with van der Waals surface area (Å²) in [6.45, 7) is 5.21. The number of esters is 1. The molecular formula is C20H26N2O4S. The fourth-order valence-corrected chi connectivity index (χ4v) is 4.90. The number of nitrogens with zero attached hydrogens (tertiary/aromatic N) is 2. The number of benzene rings is 1. The maximum Gasteiger partial charge on any atom is 0.360 e. The average molecular weight is 391 g/mol. The molecular weight excluding hydrogens is 364 g/mol. The van der Waals surface area contributed by atoms with Crippen LogP contribution in [0.15, 0.2) is 41.4 Å². The number of para-hydroxylation sites is 1. The smallest absolute Gasteiger partial charge is 0.360 e. The molecule has 1 aromatic heterocycles. The Hall–Kier alpha value is -2.12. The van der Waals surface area contributed by atoms with Gasteiger partial charge in [-0.05, 0) is 42.9 Å². The van der Waals surface area contributed by atoms with Crippen molar-refractivity contribution in [3.63, 3.8) is 0 Å². The number of aryl methyl sites for hydroxylation is 1. The van der Waals surface area contributed by atoms with Gasteiger partial charge >= 0.3 is 5.97 Å². The van der Waals surface area contributed by atoms with E-state index in [-0.39, 0.29) is 16.5 Å². The lowest BCUT2D eigenvalue weighted by Crippen LogP contribution is -2.27. The van der Waals surface area contributed by atoms with Gasteiger partial charge in [0.05, 0.1) is 0 Å². The summed E-state index contributed by atoms with van der Waals surface area (Å²) in [6, 6.07) is 8.86. The van der Waals surface area contributed by atoms with Crippen molar-refractivity contribution in [2.45, 2.75) is 43.9 Å². The normalized spacial score (nSPS) is 16.4. The highest BCUT2D eigenvalue weighted by Gasteiger charge is 2.30. The van der Waals surface area contributed by atoms with Gasteiger partial charge in [0.15, 0.2) is 0 Å². The zero-order chi connectivity index (χ0) is 19.6. The van der Waals surface area contributed by atoms with Gasteiger partial charge < -0.3 is 9.30 Å². The first kappa shape index (κ1) is 19.6. The standard InChI is InChI=1S/C20H26N2O4S/c1-4-15(2)17-9-5-6-10-19(17)26-20(23)18-13-16(14-21(18)3)27(24,25)22-11-7-8-12-22/h5-6,9-10,13-15H,4,7-8,11-12H2,1-3H3. The molecule has 0 saturated carbocycles. The second kappa shape index (κ2) is 7.86. The zero-order valence-corrected chi connectivity index (χ0v) is 16.8. The lowest BCUT2D eigenvalue weighted by Gasteiger charge is -2.14. The van der Waals surface area contributed by atoms with E-state index in [2.05, 4.69) is 13.8 Å². The Morgan fingerprint density at radius 2 is 1.89 bits per heavy atom. The van der Waals surface area contributed by atoms with Crippen molar-refractivity contribution in [1.29, 1.82) is 0 Å². The van der Waals surface area contributed by atoms with Gasteiger partial charge in [-0.2, -0.15) is 4.31 Å². The summed E-state index contributed by atoms with van der Waals surface area (Å²) in [6.07, 6.45) is 4.14. The van der Waals surface area contributed by atoms with Gasteiger partial charge in [0.2, 0.25) is 10.0 Å². The molecule has 1 aliphatic rings. The predicted octanol–water partition coefficient (Wildman–Crippen LogP) is 3.54. The average Bonchev–Trinajstić information content (AvgIpc) is 3.32. The summed E-state index contributed by atoms with van der Waals surface area (Å²) in [5.41, 5.74) is 1.18. The maximum atomic E-state index is 12.7. The summed E-state index contributed by atoms with van der Waals surface area (Å²) < 4.78 is 34.0. The van der Waals surface area contributed by atoms with Crippen molar-refractivity contribution in [2.24, 2.45) is 7.05 Å². The molecule has 6 nitrogen and oxygen atoms in total. The van der Waals surface area contributed by atoms with E-state index in [0.717, 1.165) is 24.8 Å². The Kier molecular flexibility index (Phi) is 5.72. The van der Waals surface area contributed by atoms with E-state index >= 15 is 0 Å². The van der Waals surface area contributed by atoms with E-state index in [1.165, 1.54) is 21.1 Å². The number of carbonyl (C=O) groups excluding carboxylic acids is 1. The highest BCUT2D eigenvalue weighted by molar-refractivity contribution is 7.89. The molecule has 2 aromatic rings. The zero-order valence-electron chi connectivity index (χ0n) is 16.0. The molecule has 7 heteroatoms. The van der Waals surface area contributed by atoms with E-state index in [1.807, 2.05) is 18.2 Å². The second-order valence-corrected chi connectivity index (χ2v) is 8.96. The molecule has 3 rings (SSSR count). The molecule has 0 bridgehead atoms. The summed E-state index contributed by atoms with van der Waals surface area (Å²) >= 11 is 0. The third kappa shape index (κ3) is 3.94. The van der Waals surface area contributed by atoms with Gasteiger partial charge in [0, 0.05) is 26.3 Å². The first-order valence-corrected chi connectivity index (χ1v) is 10.8. The summed E-state index contributed by atoms with van der Waals surface area (Å²) in [7, 11) is -1.91. The van der Waals surface area contributed by atoms with Crippen molar-refractivity contribution in [3.8, 4) is 5.75 Å². The van der Waals surface area contributed by atoms with E-state index in [9.17, 15) is 13.2 Å². The van der Waals surface area contributed by atoms with E-state index in [4.69, 9.17) is 4.74 Å². The quantitative estimate of drug-likeness (QED) is 0.559. The van der Waals surface area contributed by atoms with Gasteiger partial charge in [-0.25, -0.2) is 13.2 Å². The molecule has 0 radical (unpaired) electrons. The third-order valence-corrected chi connectivity index (χ3v) is 7.02. The Bertz CT molecular complexity index is 927. The summed E-state index contributed by atoms with van der Waals surface area (Å²) in [5.74, 6) is 0.214. The van der Waals surface area contributed by atoms with Crippen LogP contribution in [0.1, 0.15) is 55.1 Å². The fraction of sp³-hybridized carbons (Fsp3) is 0.450. The largest absolute Gasteiger partial charge is 0.422 e. The van der Waals surface area contributed by atoms with Crippen LogP contribution in [0.5, 0.6) is 5.75 Å². The van der Waals surface area contributed by atoms with E-state index < -0.39 is 16.0 Å². The van der Waals surface area contributed by atoms with Crippen molar-refractivity contribution in [3.05, 3.63) is 47.8 Å². The summed E-state index contributed by atoms with van der Waals surface area (Å²) in [4.78, 5) is 12.8. The van der Waals surface area contributed by atoms with Gasteiger partial charge in [-0.15, -0.1) is 0 Å². The highest BCUT2D eigenvalue weighted by atomic mass is 32.2. The van der Waals surface area contributed by atoms with E-state index in [1.54, 1.807) is 13.1 Å². The van der Waals surface area contributed by atoms with Gasteiger partial charge in [-0.1, -0.05) is 32.0 Å². The monoisotopic (exact) mass is 390 g/mol. The van der Waals surface area contributed by atoms with Crippen molar-refractivity contribution in [1.82, 2.24) is 8.87 Å². The molecule has 1 atom stereocenters. The van der Waals surface area contributed by atoms with Crippen LogP contribution in [-0.2, 0) is 17.1 Å². The van der Waals surface area contributed by atoms with Crippen LogP contribution in [0.2, 0.25) is 0 Å². The Morgan fingerprint density at radius 3 is 2.56 bits per heavy atom.